The largest absolute Gasteiger partial charge is 0.318 e. The second-order valence-corrected chi connectivity index (χ2v) is 6.45. The van der Waals surface area contributed by atoms with Crippen LogP contribution >= 0.6 is 0 Å². The first-order valence-electron chi connectivity index (χ1n) is 8.51. The molecule has 0 aliphatic rings. The molecule has 0 saturated heterocycles. The lowest BCUT2D eigenvalue weighted by Crippen LogP contribution is -2.00. The molecule has 3 aromatic rings. The maximum atomic E-state index is 11.3. The summed E-state index contributed by atoms with van der Waals surface area (Å²) < 4.78 is 1.89. The smallest absolute Gasteiger partial charge is 0.295 e. The number of hydrogen-bond donors (Lipinski definition) is 0. The standard InChI is InChI=1S/C20H18N4O4/c1-13-7-8-19(20(9-13)24(27)28)21-12-16-10-14(2)22(15(16)3)17-5-4-6-18(11-17)23(25)26/h4-12H,1-3H3. The number of nitro groups is 2. The van der Waals surface area contributed by atoms with E-state index in [1.165, 1.54) is 18.2 Å². The first kappa shape index (κ1) is 19.0. The van der Waals surface area contributed by atoms with Gasteiger partial charge in [0.05, 0.1) is 15.5 Å². The van der Waals surface area contributed by atoms with Gasteiger partial charge >= 0.3 is 0 Å². The summed E-state index contributed by atoms with van der Waals surface area (Å²) in [6, 6.07) is 13.1. The Labute approximate surface area is 161 Å². The van der Waals surface area contributed by atoms with Gasteiger partial charge in [-0.25, -0.2) is 4.99 Å². The average molecular weight is 378 g/mol. The van der Waals surface area contributed by atoms with Gasteiger partial charge in [0.25, 0.3) is 11.4 Å². The van der Waals surface area contributed by atoms with E-state index < -0.39 is 9.85 Å². The second kappa shape index (κ2) is 7.43. The van der Waals surface area contributed by atoms with Crippen molar-refractivity contribution < 1.29 is 9.85 Å². The summed E-state index contributed by atoms with van der Waals surface area (Å²) >= 11 is 0. The van der Waals surface area contributed by atoms with Crippen molar-refractivity contribution in [1.29, 1.82) is 0 Å². The van der Waals surface area contributed by atoms with E-state index in [-0.39, 0.29) is 17.1 Å². The Bertz CT molecular complexity index is 1120. The van der Waals surface area contributed by atoms with Crippen LogP contribution in [0.5, 0.6) is 0 Å². The third kappa shape index (κ3) is 3.66. The highest BCUT2D eigenvalue weighted by Gasteiger charge is 2.15. The Morgan fingerprint density at radius 2 is 1.71 bits per heavy atom. The number of nitrogens with zero attached hydrogens (tertiary/aromatic N) is 4. The molecule has 0 amide bonds. The Kier molecular flexibility index (Phi) is 5.04. The van der Waals surface area contributed by atoms with Crippen molar-refractivity contribution in [3.8, 4) is 5.69 Å². The van der Waals surface area contributed by atoms with Crippen LogP contribution in [0.15, 0.2) is 53.5 Å². The molecule has 0 aliphatic carbocycles. The normalized spacial score (nSPS) is 11.1. The fourth-order valence-corrected chi connectivity index (χ4v) is 3.09. The van der Waals surface area contributed by atoms with Gasteiger partial charge in [-0.15, -0.1) is 0 Å². The maximum Gasteiger partial charge on any atom is 0.295 e. The van der Waals surface area contributed by atoms with E-state index in [9.17, 15) is 20.2 Å². The van der Waals surface area contributed by atoms with Crippen molar-refractivity contribution in [2.75, 3.05) is 0 Å². The number of aromatic nitrogens is 1. The predicted molar refractivity (Wildman–Crippen MR) is 107 cm³/mol. The van der Waals surface area contributed by atoms with Gasteiger partial charge in [0, 0.05) is 41.4 Å². The minimum Gasteiger partial charge on any atom is -0.318 e. The van der Waals surface area contributed by atoms with Crippen molar-refractivity contribution in [3.05, 3.63) is 91.3 Å². The Hall–Kier alpha value is -3.81. The Morgan fingerprint density at radius 1 is 0.964 bits per heavy atom. The summed E-state index contributed by atoms with van der Waals surface area (Å²) in [6.07, 6.45) is 1.58. The highest BCUT2D eigenvalue weighted by atomic mass is 16.6. The van der Waals surface area contributed by atoms with E-state index in [4.69, 9.17) is 0 Å². The zero-order chi connectivity index (χ0) is 20.4. The Morgan fingerprint density at radius 3 is 2.39 bits per heavy atom. The van der Waals surface area contributed by atoms with Gasteiger partial charge in [0.2, 0.25) is 0 Å². The summed E-state index contributed by atoms with van der Waals surface area (Å²) in [5.41, 5.74) is 4.17. The molecule has 0 aliphatic heterocycles. The minimum atomic E-state index is -0.452. The van der Waals surface area contributed by atoms with Gasteiger partial charge in [-0.05, 0) is 44.5 Å². The molecule has 142 valence electrons. The third-order valence-corrected chi connectivity index (χ3v) is 4.44. The van der Waals surface area contributed by atoms with Crippen LogP contribution in [0, 0.1) is 41.0 Å². The van der Waals surface area contributed by atoms with Crippen LogP contribution < -0.4 is 0 Å². The van der Waals surface area contributed by atoms with E-state index >= 15 is 0 Å². The molecule has 0 radical (unpaired) electrons. The molecule has 0 bridgehead atoms. The number of hydrogen-bond acceptors (Lipinski definition) is 5. The molecule has 28 heavy (non-hydrogen) atoms. The molecular formula is C20H18N4O4. The summed E-state index contributed by atoms with van der Waals surface area (Å²) in [7, 11) is 0. The van der Waals surface area contributed by atoms with E-state index in [0.717, 1.165) is 22.5 Å². The number of nitro benzene ring substituents is 2. The first-order valence-corrected chi connectivity index (χ1v) is 8.51. The van der Waals surface area contributed by atoms with Crippen molar-refractivity contribution in [1.82, 2.24) is 4.57 Å². The monoisotopic (exact) mass is 378 g/mol. The highest BCUT2D eigenvalue weighted by Crippen LogP contribution is 2.29. The number of aliphatic imine (C=N–C) groups is 1. The van der Waals surface area contributed by atoms with Crippen molar-refractivity contribution >= 4 is 23.3 Å². The summed E-state index contributed by atoms with van der Waals surface area (Å²) in [6.45, 7) is 5.54. The SMILES string of the molecule is Cc1ccc(N=Cc2cc(C)n(-c3cccc([N+](=O)[O-])c3)c2C)c([N+](=O)[O-])c1. The Balaban J connectivity index is 2.02. The molecule has 8 heteroatoms. The van der Waals surface area contributed by atoms with Gasteiger partial charge in [-0.3, -0.25) is 20.2 Å². The van der Waals surface area contributed by atoms with E-state index in [1.807, 2.05) is 24.5 Å². The van der Waals surface area contributed by atoms with Gasteiger partial charge in [0.1, 0.15) is 5.69 Å². The zero-order valence-electron chi connectivity index (χ0n) is 15.6. The average Bonchev–Trinajstić information content (AvgIpc) is 2.94. The van der Waals surface area contributed by atoms with Gasteiger partial charge in [-0.1, -0.05) is 12.1 Å². The van der Waals surface area contributed by atoms with E-state index in [0.29, 0.717) is 5.69 Å². The predicted octanol–water partition coefficient (Wildman–Crippen LogP) is 4.97. The van der Waals surface area contributed by atoms with Crippen LogP contribution in [0.25, 0.3) is 5.69 Å². The van der Waals surface area contributed by atoms with Gasteiger partial charge < -0.3 is 4.57 Å². The fourth-order valence-electron chi connectivity index (χ4n) is 3.09. The lowest BCUT2D eigenvalue weighted by Gasteiger charge is -2.09. The molecule has 1 heterocycles. The molecule has 8 nitrogen and oxygen atoms in total. The van der Waals surface area contributed by atoms with Crippen LogP contribution in [0.4, 0.5) is 17.1 Å². The molecule has 3 rings (SSSR count). The third-order valence-electron chi connectivity index (χ3n) is 4.44. The first-order chi connectivity index (χ1) is 13.3. The van der Waals surface area contributed by atoms with E-state index in [1.54, 1.807) is 37.4 Å². The van der Waals surface area contributed by atoms with Crippen molar-refractivity contribution in [2.24, 2.45) is 4.99 Å². The lowest BCUT2D eigenvalue weighted by molar-refractivity contribution is -0.384. The van der Waals surface area contributed by atoms with Crippen LogP contribution in [-0.2, 0) is 0 Å². The number of non-ortho nitro benzene ring substituents is 1. The molecule has 0 atom stereocenters. The molecule has 0 fully saturated rings. The quantitative estimate of drug-likeness (QED) is 0.355. The topological polar surface area (TPSA) is 104 Å². The van der Waals surface area contributed by atoms with Crippen molar-refractivity contribution in [3.63, 3.8) is 0 Å². The number of aryl methyl sites for hydroxylation is 2. The van der Waals surface area contributed by atoms with Crippen LogP contribution in [0.2, 0.25) is 0 Å². The fraction of sp³-hybridized carbons (Fsp3) is 0.150. The van der Waals surface area contributed by atoms with Gasteiger partial charge in [-0.2, -0.15) is 0 Å². The molecule has 2 aromatic carbocycles. The van der Waals surface area contributed by atoms with Crippen molar-refractivity contribution in [2.45, 2.75) is 20.8 Å². The van der Waals surface area contributed by atoms with Crippen LogP contribution in [0.3, 0.4) is 0 Å². The maximum absolute atomic E-state index is 11.3. The highest BCUT2D eigenvalue weighted by molar-refractivity contribution is 5.85. The molecule has 0 N–H and O–H groups in total. The van der Waals surface area contributed by atoms with E-state index in [2.05, 4.69) is 4.99 Å². The summed E-state index contributed by atoms with van der Waals surface area (Å²) in [5.74, 6) is 0. The van der Waals surface area contributed by atoms with Gasteiger partial charge in [0.15, 0.2) is 0 Å². The number of benzene rings is 2. The van der Waals surface area contributed by atoms with Crippen LogP contribution in [0.1, 0.15) is 22.5 Å². The molecule has 0 unspecified atom stereocenters. The molecule has 0 spiro atoms. The summed E-state index contributed by atoms with van der Waals surface area (Å²) in [5, 5.41) is 22.3. The molecular weight excluding hydrogens is 360 g/mol. The molecule has 1 aromatic heterocycles. The minimum absolute atomic E-state index is 0.00972. The second-order valence-electron chi connectivity index (χ2n) is 6.45. The van der Waals surface area contributed by atoms with Crippen LogP contribution in [-0.4, -0.2) is 20.6 Å². The lowest BCUT2D eigenvalue weighted by atomic mass is 10.2. The zero-order valence-corrected chi connectivity index (χ0v) is 15.6. The number of rotatable bonds is 5. The summed E-state index contributed by atoms with van der Waals surface area (Å²) in [4.78, 5) is 25.7. The molecule has 0 saturated carbocycles.